The first-order chi connectivity index (χ1) is 9.46. The van der Waals surface area contributed by atoms with E-state index in [1.165, 1.54) is 0 Å². The van der Waals surface area contributed by atoms with E-state index in [1.807, 2.05) is 19.1 Å². The number of hydrogen-bond acceptors (Lipinski definition) is 3. The van der Waals surface area contributed by atoms with Crippen LogP contribution in [0.25, 0.3) is 0 Å². The van der Waals surface area contributed by atoms with Crippen LogP contribution < -0.4 is 11.1 Å². The van der Waals surface area contributed by atoms with Gasteiger partial charge in [0.05, 0.1) is 5.69 Å². The summed E-state index contributed by atoms with van der Waals surface area (Å²) in [5.74, 6) is 0.716. The normalized spacial score (nSPS) is 12.4. The van der Waals surface area contributed by atoms with E-state index in [-0.39, 0.29) is 17.6 Å². The van der Waals surface area contributed by atoms with Crippen LogP contribution in [0.15, 0.2) is 18.2 Å². The number of carbonyl (C=O) groups excluding carboxylic acids is 1. The van der Waals surface area contributed by atoms with Gasteiger partial charge >= 0.3 is 0 Å². The molecule has 112 valence electrons. The zero-order valence-electron chi connectivity index (χ0n) is 12.6. The molecule has 0 heterocycles. The van der Waals surface area contributed by atoms with Crippen LogP contribution in [0.2, 0.25) is 0 Å². The number of aryl methyl sites for hydroxylation is 1. The number of aromatic hydroxyl groups is 1. The zero-order chi connectivity index (χ0) is 15.1. The highest BCUT2D eigenvalue weighted by atomic mass is 16.3. The Hall–Kier alpha value is -1.55. The van der Waals surface area contributed by atoms with Crippen molar-refractivity contribution in [1.82, 2.24) is 0 Å². The Morgan fingerprint density at radius 3 is 2.65 bits per heavy atom. The third kappa shape index (κ3) is 5.21. The molecular weight excluding hydrogens is 252 g/mol. The Labute approximate surface area is 121 Å². The Balaban J connectivity index is 2.65. The maximum Gasteiger partial charge on any atom is 0.224 e. The van der Waals surface area contributed by atoms with Crippen LogP contribution in [0.4, 0.5) is 5.69 Å². The van der Waals surface area contributed by atoms with Gasteiger partial charge in [-0.05, 0) is 48.9 Å². The standard InChI is InChI=1S/C16H26N2O2/c1-4-12-5-6-15(19)14(8-12)18-16(20)9-13(10-17)7-11(2)3/h5-6,8,11,13,19H,4,7,9-10,17H2,1-3H3,(H,18,20)/t13-/m0/s1. The molecule has 0 aliphatic rings. The van der Waals surface area contributed by atoms with Crippen LogP contribution in [0.1, 0.15) is 39.2 Å². The van der Waals surface area contributed by atoms with Crippen molar-refractivity contribution >= 4 is 11.6 Å². The molecule has 1 aromatic rings. The summed E-state index contributed by atoms with van der Waals surface area (Å²) in [6.45, 7) is 6.78. The van der Waals surface area contributed by atoms with Gasteiger partial charge in [-0.25, -0.2) is 0 Å². The lowest BCUT2D eigenvalue weighted by atomic mass is 9.94. The van der Waals surface area contributed by atoms with E-state index in [0.29, 0.717) is 24.6 Å². The van der Waals surface area contributed by atoms with Gasteiger partial charge in [0, 0.05) is 6.42 Å². The molecule has 1 aromatic carbocycles. The van der Waals surface area contributed by atoms with Crippen molar-refractivity contribution < 1.29 is 9.90 Å². The van der Waals surface area contributed by atoms with Gasteiger partial charge in [0.2, 0.25) is 5.91 Å². The van der Waals surface area contributed by atoms with Gasteiger partial charge in [0.25, 0.3) is 0 Å². The van der Waals surface area contributed by atoms with E-state index in [9.17, 15) is 9.90 Å². The number of hydrogen-bond donors (Lipinski definition) is 3. The summed E-state index contributed by atoms with van der Waals surface area (Å²) in [4.78, 5) is 12.0. The first-order valence-electron chi connectivity index (χ1n) is 7.28. The van der Waals surface area contributed by atoms with Gasteiger partial charge in [-0.1, -0.05) is 26.8 Å². The molecule has 0 aliphatic carbocycles. The maximum atomic E-state index is 12.0. The number of amides is 1. The highest BCUT2D eigenvalue weighted by Gasteiger charge is 2.15. The van der Waals surface area contributed by atoms with Crippen molar-refractivity contribution in [3.8, 4) is 5.75 Å². The zero-order valence-corrected chi connectivity index (χ0v) is 12.6. The van der Waals surface area contributed by atoms with Crippen molar-refractivity contribution in [2.45, 2.75) is 40.0 Å². The van der Waals surface area contributed by atoms with E-state index >= 15 is 0 Å². The summed E-state index contributed by atoms with van der Waals surface area (Å²) in [6.07, 6.45) is 2.19. The van der Waals surface area contributed by atoms with Crippen LogP contribution >= 0.6 is 0 Å². The molecule has 0 saturated carbocycles. The maximum absolute atomic E-state index is 12.0. The average molecular weight is 278 g/mol. The van der Waals surface area contributed by atoms with Crippen molar-refractivity contribution in [1.29, 1.82) is 0 Å². The lowest BCUT2D eigenvalue weighted by Gasteiger charge is -2.17. The fourth-order valence-electron chi connectivity index (χ4n) is 2.30. The average Bonchev–Trinajstić information content (AvgIpc) is 2.40. The number of rotatable bonds is 7. The van der Waals surface area contributed by atoms with Gasteiger partial charge < -0.3 is 16.2 Å². The third-order valence-electron chi connectivity index (χ3n) is 3.36. The molecule has 4 nitrogen and oxygen atoms in total. The lowest BCUT2D eigenvalue weighted by molar-refractivity contribution is -0.117. The predicted molar refractivity (Wildman–Crippen MR) is 82.7 cm³/mol. The number of carbonyl (C=O) groups is 1. The molecule has 1 rings (SSSR count). The molecule has 1 amide bonds. The molecule has 0 saturated heterocycles. The number of nitrogens with two attached hydrogens (primary N) is 1. The Bertz CT molecular complexity index is 444. The fourth-order valence-corrected chi connectivity index (χ4v) is 2.30. The van der Waals surface area contributed by atoms with Gasteiger partial charge in [-0.15, -0.1) is 0 Å². The van der Waals surface area contributed by atoms with Crippen molar-refractivity contribution in [2.24, 2.45) is 17.6 Å². The lowest BCUT2D eigenvalue weighted by Crippen LogP contribution is -2.23. The van der Waals surface area contributed by atoms with E-state index in [0.717, 1.165) is 18.4 Å². The van der Waals surface area contributed by atoms with Gasteiger partial charge in [-0.2, -0.15) is 0 Å². The van der Waals surface area contributed by atoms with Crippen molar-refractivity contribution in [2.75, 3.05) is 11.9 Å². The second kappa shape index (κ2) is 7.90. The van der Waals surface area contributed by atoms with Gasteiger partial charge in [-0.3, -0.25) is 4.79 Å². The van der Waals surface area contributed by atoms with E-state index in [2.05, 4.69) is 19.2 Å². The summed E-state index contributed by atoms with van der Waals surface area (Å²) in [5, 5.41) is 12.6. The van der Waals surface area contributed by atoms with Crippen molar-refractivity contribution in [3.63, 3.8) is 0 Å². The molecular formula is C16H26N2O2. The number of benzene rings is 1. The molecule has 0 radical (unpaired) electrons. The SMILES string of the molecule is CCc1ccc(O)c(NC(=O)C[C@@H](CN)CC(C)C)c1. The minimum Gasteiger partial charge on any atom is -0.506 e. The number of anilines is 1. The number of phenols is 1. The van der Waals surface area contributed by atoms with Gasteiger partial charge in [0.1, 0.15) is 5.75 Å². The summed E-state index contributed by atoms with van der Waals surface area (Å²) >= 11 is 0. The van der Waals surface area contributed by atoms with Crippen LogP contribution in [-0.4, -0.2) is 17.6 Å². The minimum atomic E-state index is -0.0929. The summed E-state index contributed by atoms with van der Waals surface area (Å²) in [6, 6.07) is 5.28. The molecule has 0 fully saturated rings. The van der Waals surface area contributed by atoms with Crippen molar-refractivity contribution in [3.05, 3.63) is 23.8 Å². The molecule has 0 aromatic heterocycles. The predicted octanol–water partition coefficient (Wildman–Crippen LogP) is 2.90. The highest BCUT2D eigenvalue weighted by Crippen LogP contribution is 2.25. The van der Waals surface area contributed by atoms with Crippen LogP contribution in [-0.2, 0) is 11.2 Å². The quantitative estimate of drug-likeness (QED) is 0.671. The number of phenolic OH excluding ortho intramolecular Hbond substituents is 1. The molecule has 0 aliphatic heterocycles. The van der Waals surface area contributed by atoms with E-state index < -0.39 is 0 Å². The Morgan fingerprint density at radius 1 is 1.40 bits per heavy atom. The molecule has 0 unspecified atom stereocenters. The second-order valence-electron chi connectivity index (χ2n) is 5.69. The second-order valence-corrected chi connectivity index (χ2v) is 5.69. The molecule has 0 spiro atoms. The largest absolute Gasteiger partial charge is 0.506 e. The molecule has 1 atom stereocenters. The first-order valence-corrected chi connectivity index (χ1v) is 7.28. The molecule has 20 heavy (non-hydrogen) atoms. The highest BCUT2D eigenvalue weighted by molar-refractivity contribution is 5.92. The first kappa shape index (κ1) is 16.5. The monoisotopic (exact) mass is 278 g/mol. The molecule has 4 heteroatoms. The Morgan fingerprint density at radius 2 is 2.10 bits per heavy atom. The van der Waals surface area contributed by atoms with E-state index in [4.69, 9.17) is 5.73 Å². The van der Waals surface area contributed by atoms with E-state index in [1.54, 1.807) is 6.07 Å². The Kier molecular flexibility index (Phi) is 6.52. The molecule has 0 bridgehead atoms. The third-order valence-corrected chi connectivity index (χ3v) is 3.36. The topological polar surface area (TPSA) is 75.3 Å². The smallest absolute Gasteiger partial charge is 0.224 e. The number of nitrogens with one attached hydrogen (secondary N) is 1. The molecule has 4 N–H and O–H groups in total. The fraction of sp³-hybridized carbons (Fsp3) is 0.562. The summed E-state index contributed by atoms with van der Waals surface area (Å²) < 4.78 is 0. The van der Waals surface area contributed by atoms with Gasteiger partial charge in [0.15, 0.2) is 0 Å². The van der Waals surface area contributed by atoms with Crippen LogP contribution in [0, 0.1) is 11.8 Å². The minimum absolute atomic E-state index is 0.0929. The van der Waals surface area contributed by atoms with Crippen LogP contribution in [0.3, 0.4) is 0 Å². The van der Waals surface area contributed by atoms with Crippen LogP contribution in [0.5, 0.6) is 5.75 Å². The summed E-state index contributed by atoms with van der Waals surface area (Å²) in [7, 11) is 0. The summed E-state index contributed by atoms with van der Waals surface area (Å²) in [5.41, 5.74) is 7.27.